The van der Waals surface area contributed by atoms with Gasteiger partial charge >= 0.3 is 0 Å². The molecular weight excluding hydrogens is 268 g/mol. The third-order valence-electron chi connectivity index (χ3n) is 2.77. The molecule has 4 heteroatoms. The molecule has 0 aromatic carbocycles. The van der Waals surface area contributed by atoms with Crippen LogP contribution >= 0.6 is 15.9 Å². The number of pyridine rings is 1. The van der Waals surface area contributed by atoms with Gasteiger partial charge in [-0.2, -0.15) is 0 Å². The second-order valence-electron chi connectivity index (χ2n) is 4.10. The SMILES string of the molecule is Brc1cncc(NCCC2CCCCO2)c1. The lowest BCUT2D eigenvalue weighted by Crippen LogP contribution is -2.21. The summed E-state index contributed by atoms with van der Waals surface area (Å²) in [6, 6.07) is 2.04. The average molecular weight is 285 g/mol. The average Bonchev–Trinajstić information content (AvgIpc) is 2.30. The first-order chi connectivity index (χ1) is 7.84. The molecule has 1 aromatic heterocycles. The van der Waals surface area contributed by atoms with Crippen molar-refractivity contribution in [2.24, 2.45) is 0 Å². The second kappa shape index (κ2) is 6.21. The molecule has 88 valence electrons. The topological polar surface area (TPSA) is 34.2 Å². The first-order valence-electron chi connectivity index (χ1n) is 5.80. The first kappa shape index (κ1) is 11.9. The minimum atomic E-state index is 0.446. The summed E-state index contributed by atoms with van der Waals surface area (Å²) >= 11 is 3.40. The first-order valence-corrected chi connectivity index (χ1v) is 6.60. The Balaban J connectivity index is 1.71. The monoisotopic (exact) mass is 284 g/mol. The van der Waals surface area contributed by atoms with Crippen molar-refractivity contribution in [3.8, 4) is 0 Å². The fourth-order valence-electron chi connectivity index (χ4n) is 1.92. The second-order valence-corrected chi connectivity index (χ2v) is 5.01. The molecule has 1 aliphatic heterocycles. The standard InChI is InChI=1S/C12H17BrN2O/c13-10-7-11(9-14-8-10)15-5-4-12-3-1-2-6-16-12/h7-9,12,15H,1-6H2. The number of aromatic nitrogens is 1. The highest BCUT2D eigenvalue weighted by Gasteiger charge is 2.12. The van der Waals surface area contributed by atoms with Crippen molar-refractivity contribution in [3.05, 3.63) is 22.9 Å². The van der Waals surface area contributed by atoms with Gasteiger partial charge in [0, 0.05) is 23.8 Å². The van der Waals surface area contributed by atoms with Crippen LogP contribution in [0.1, 0.15) is 25.7 Å². The van der Waals surface area contributed by atoms with Crippen LogP contribution in [0.15, 0.2) is 22.9 Å². The van der Waals surface area contributed by atoms with Gasteiger partial charge in [-0.25, -0.2) is 0 Å². The molecule has 0 amide bonds. The number of nitrogens with zero attached hydrogens (tertiary/aromatic N) is 1. The van der Waals surface area contributed by atoms with Crippen molar-refractivity contribution in [3.63, 3.8) is 0 Å². The molecule has 0 radical (unpaired) electrons. The lowest BCUT2D eigenvalue weighted by molar-refractivity contribution is 0.0134. The smallest absolute Gasteiger partial charge is 0.0591 e. The maximum absolute atomic E-state index is 5.67. The van der Waals surface area contributed by atoms with Crippen LogP contribution in [-0.2, 0) is 4.74 Å². The molecule has 0 saturated carbocycles. The van der Waals surface area contributed by atoms with E-state index in [-0.39, 0.29) is 0 Å². The highest BCUT2D eigenvalue weighted by Crippen LogP contribution is 2.17. The number of hydrogen-bond donors (Lipinski definition) is 1. The molecule has 1 aromatic rings. The van der Waals surface area contributed by atoms with E-state index in [1.165, 1.54) is 19.3 Å². The lowest BCUT2D eigenvalue weighted by atomic mass is 10.1. The van der Waals surface area contributed by atoms with Gasteiger partial charge in [0.25, 0.3) is 0 Å². The number of anilines is 1. The largest absolute Gasteiger partial charge is 0.384 e. The molecule has 2 heterocycles. The third-order valence-corrected chi connectivity index (χ3v) is 3.21. The number of rotatable bonds is 4. The van der Waals surface area contributed by atoms with Crippen LogP contribution in [0.5, 0.6) is 0 Å². The van der Waals surface area contributed by atoms with Crippen molar-refractivity contribution < 1.29 is 4.74 Å². The van der Waals surface area contributed by atoms with Crippen molar-refractivity contribution in [1.29, 1.82) is 0 Å². The molecule has 1 aliphatic rings. The summed E-state index contributed by atoms with van der Waals surface area (Å²) in [5, 5.41) is 3.36. The molecule has 3 nitrogen and oxygen atoms in total. The molecule has 2 rings (SSSR count). The summed E-state index contributed by atoms with van der Waals surface area (Å²) < 4.78 is 6.68. The summed E-state index contributed by atoms with van der Waals surface area (Å²) in [6.45, 7) is 1.88. The van der Waals surface area contributed by atoms with Crippen molar-refractivity contribution in [2.45, 2.75) is 31.8 Å². The summed E-state index contributed by atoms with van der Waals surface area (Å²) in [5.74, 6) is 0. The predicted molar refractivity (Wildman–Crippen MR) is 68.6 cm³/mol. The van der Waals surface area contributed by atoms with Gasteiger partial charge in [0.1, 0.15) is 0 Å². The van der Waals surface area contributed by atoms with E-state index in [2.05, 4.69) is 26.2 Å². The molecule has 1 fully saturated rings. The van der Waals surface area contributed by atoms with E-state index in [9.17, 15) is 0 Å². The molecular formula is C12H17BrN2O. The van der Waals surface area contributed by atoms with Crippen LogP contribution in [0.4, 0.5) is 5.69 Å². The van der Waals surface area contributed by atoms with Gasteiger partial charge in [0.2, 0.25) is 0 Å². The Labute approximate surface area is 105 Å². The third kappa shape index (κ3) is 3.76. The van der Waals surface area contributed by atoms with Crippen LogP contribution < -0.4 is 5.32 Å². The maximum atomic E-state index is 5.67. The molecule has 1 N–H and O–H groups in total. The van der Waals surface area contributed by atoms with Gasteiger partial charge in [-0.15, -0.1) is 0 Å². The Bertz CT molecular complexity index is 327. The number of ether oxygens (including phenoxy) is 1. The minimum absolute atomic E-state index is 0.446. The van der Waals surface area contributed by atoms with Gasteiger partial charge in [0.15, 0.2) is 0 Å². The summed E-state index contributed by atoms with van der Waals surface area (Å²) in [4.78, 5) is 4.11. The van der Waals surface area contributed by atoms with Gasteiger partial charge < -0.3 is 10.1 Å². The highest BCUT2D eigenvalue weighted by molar-refractivity contribution is 9.10. The number of halogens is 1. The Hall–Kier alpha value is -0.610. The van der Waals surface area contributed by atoms with Crippen LogP contribution in [0.25, 0.3) is 0 Å². The molecule has 16 heavy (non-hydrogen) atoms. The molecule has 0 aliphatic carbocycles. The van der Waals surface area contributed by atoms with Crippen LogP contribution in [0.3, 0.4) is 0 Å². The van der Waals surface area contributed by atoms with E-state index in [0.29, 0.717) is 6.10 Å². The fraction of sp³-hybridized carbons (Fsp3) is 0.583. The van der Waals surface area contributed by atoms with E-state index < -0.39 is 0 Å². The van der Waals surface area contributed by atoms with Crippen LogP contribution in [-0.4, -0.2) is 24.2 Å². The Morgan fingerprint density at radius 3 is 3.12 bits per heavy atom. The molecule has 1 unspecified atom stereocenters. The molecule has 1 atom stereocenters. The van der Waals surface area contributed by atoms with Crippen molar-refractivity contribution in [1.82, 2.24) is 4.98 Å². The van der Waals surface area contributed by atoms with E-state index in [4.69, 9.17) is 4.74 Å². The summed E-state index contributed by atoms with van der Waals surface area (Å²) in [7, 11) is 0. The van der Waals surface area contributed by atoms with E-state index in [1.54, 1.807) is 6.20 Å². The van der Waals surface area contributed by atoms with Crippen molar-refractivity contribution in [2.75, 3.05) is 18.5 Å². The van der Waals surface area contributed by atoms with E-state index in [1.807, 2.05) is 12.3 Å². The van der Waals surface area contributed by atoms with Crippen molar-refractivity contribution >= 4 is 21.6 Å². The maximum Gasteiger partial charge on any atom is 0.0591 e. The Morgan fingerprint density at radius 1 is 1.44 bits per heavy atom. The highest BCUT2D eigenvalue weighted by atomic mass is 79.9. The molecule has 0 spiro atoms. The van der Waals surface area contributed by atoms with Gasteiger partial charge in [-0.1, -0.05) is 0 Å². The lowest BCUT2D eigenvalue weighted by Gasteiger charge is -2.22. The fourth-order valence-corrected chi connectivity index (χ4v) is 2.29. The van der Waals surface area contributed by atoms with Crippen LogP contribution in [0.2, 0.25) is 0 Å². The quantitative estimate of drug-likeness (QED) is 0.922. The number of hydrogen-bond acceptors (Lipinski definition) is 3. The molecule has 0 bridgehead atoms. The zero-order valence-corrected chi connectivity index (χ0v) is 10.9. The normalized spacial score (nSPS) is 20.7. The number of nitrogens with one attached hydrogen (secondary N) is 1. The van der Waals surface area contributed by atoms with Crippen LogP contribution in [0, 0.1) is 0 Å². The van der Waals surface area contributed by atoms with E-state index >= 15 is 0 Å². The van der Waals surface area contributed by atoms with E-state index in [0.717, 1.165) is 29.7 Å². The zero-order chi connectivity index (χ0) is 11.2. The zero-order valence-electron chi connectivity index (χ0n) is 9.29. The molecule has 1 saturated heterocycles. The minimum Gasteiger partial charge on any atom is -0.384 e. The Morgan fingerprint density at radius 2 is 2.38 bits per heavy atom. The van der Waals surface area contributed by atoms with Gasteiger partial charge in [0.05, 0.1) is 18.0 Å². The summed E-state index contributed by atoms with van der Waals surface area (Å²) in [5.41, 5.74) is 1.06. The summed E-state index contributed by atoms with van der Waals surface area (Å²) in [6.07, 6.45) is 8.89. The van der Waals surface area contributed by atoms with Gasteiger partial charge in [-0.05, 0) is 47.7 Å². The Kier molecular flexibility index (Phi) is 4.60. The predicted octanol–water partition coefficient (Wildman–Crippen LogP) is 3.22. The van der Waals surface area contributed by atoms with Gasteiger partial charge in [-0.3, -0.25) is 4.98 Å².